The maximum absolute atomic E-state index is 9.16. The van der Waals surface area contributed by atoms with Gasteiger partial charge in [0.05, 0.1) is 0 Å². The minimum absolute atomic E-state index is 0.364. The second-order valence-corrected chi connectivity index (χ2v) is 4.32. The summed E-state index contributed by atoms with van der Waals surface area (Å²) in [6, 6.07) is 10.7. The zero-order valence-electron chi connectivity index (χ0n) is 8.52. The average molecular weight is 190 g/mol. The standard InChI is InChI=1S/C13H18O/c14-10-11-5-4-8-13(9-11)12-6-2-1-3-7-12/h1-3,6-7,11,13-14H,4-5,8-10H2. The minimum Gasteiger partial charge on any atom is -0.396 e. The van der Waals surface area contributed by atoms with Crippen LogP contribution < -0.4 is 0 Å². The molecule has 1 saturated carbocycles. The highest BCUT2D eigenvalue weighted by Crippen LogP contribution is 2.35. The smallest absolute Gasteiger partial charge is 0.0459 e. The summed E-state index contributed by atoms with van der Waals surface area (Å²) in [5, 5.41) is 9.16. The summed E-state index contributed by atoms with van der Waals surface area (Å²) in [5.41, 5.74) is 1.45. The zero-order chi connectivity index (χ0) is 9.80. The third-order valence-corrected chi connectivity index (χ3v) is 3.31. The van der Waals surface area contributed by atoms with Gasteiger partial charge in [-0.15, -0.1) is 0 Å². The second-order valence-electron chi connectivity index (χ2n) is 4.32. The first-order chi connectivity index (χ1) is 6.90. The van der Waals surface area contributed by atoms with Crippen LogP contribution in [0.4, 0.5) is 0 Å². The molecule has 0 heterocycles. The lowest BCUT2D eigenvalue weighted by Crippen LogP contribution is -2.16. The third-order valence-electron chi connectivity index (χ3n) is 3.31. The second kappa shape index (κ2) is 4.61. The fourth-order valence-corrected chi connectivity index (χ4v) is 2.48. The maximum atomic E-state index is 9.16. The van der Waals surface area contributed by atoms with Gasteiger partial charge in [0.15, 0.2) is 0 Å². The van der Waals surface area contributed by atoms with Gasteiger partial charge in [-0.25, -0.2) is 0 Å². The van der Waals surface area contributed by atoms with Crippen LogP contribution in [-0.2, 0) is 0 Å². The van der Waals surface area contributed by atoms with Gasteiger partial charge in [0.25, 0.3) is 0 Å². The molecule has 2 atom stereocenters. The Morgan fingerprint density at radius 1 is 1.14 bits per heavy atom. The van der Waals surface area contributed by atoms with E-state index in [0.717, 1.165) is 0 Å². The lowest BCUT2D eigenvalue weighted by atomic mass is 9.78. The van der Waals surface area contributed by atoms with Crippen molar-refractivity contribution in [1.29, 1.82) is 0 Å². The molecule has 76 valence electrons. The van der Waals surface area contributed by atoms with Gasteiger partial charge in [-0.05, 0) is 36.7 Å². The Labute approximate surface area is 85.8 Å². The molecule has 1 N–H and O–H groups in total. The Hall–Kier alpha value is -0.820. The predicted molar refractivity (Wildman–Crippen MR) is 58.2 cm³/mol. The van der Waals surface area contributed by atoms with Crippen molar-refractivity contribution >= 4 is 0 Å². The summed E-state index contributed by atoms with van der Waals surface area (Å²) < 4.78 is 0. The largest absolute Gasteiger partial charge is 0.396 e. The van der Waals surface area contributed by atoms with E-state index in [2.05, 4.69) is 30.3 Å². The molecule has 0 bridgehead atoms. The van der Waals surface area contributed by atoms with Crippen molar-refractivity contribution in [3.63, 3.8) is 0 Å². The van der Waals surface area contributed by atoms with Crippen LogP contribution >= 0.6 is 0 Å². The van der Waals surface area contributed by atoms with E-state index in [4.69, 9.17) is 5.11 Å². The number of rotatable bonds is 2. The van der Waals surface area contributed by atoms with Crippen LogP contribution in [0.15, 0.2) is 30.3 Å². The summed E-state index contributed by atoms with van der Waals surface area (Å²) in [7, 11) is 0. The summed E-state index contributed by atoms with van der Waals surface area (Å²) in [4.78, 5) is 0. The molecule has 0 spiro atoms. The van der Waals surface area contributed by atoms with Crippen LogP contribution in [0.5, 0.6) is 0 Å². The van der Waals surface area contributed by atoms with Crippen molar-refractivity contribution in [1.82, 2.24) is 0 Å². The monoisotopic (exact) mass is 190 g/mol. The van der Waals surface area contributed by atoms with E-state index in [0.29, 0.717) is 18.4 Å². The molecule has 1 heteroatoms. The van der Waals surface area contributed by atoms with E-state index in [9.17, 15) is 0 Å². The van der Waals surface area contributed by atoms with E-state index < -0.39 is 0 Å². The van der Waals surface area contributed by atoms with Crippen LogP contribution in [0.25, 0.3) is 0 Å². The van der Waals surface area contributed by atoms with Crippen molar-refractivity contribution in [2.75, 3.05) is 6.61 Å². The summed E-state index contributed by atoms with van der Waals surface area (Å²) >= 11 is 0. The van der Waals surface area contributed by atoms with Crippen LogP contribution in [-0.4, -0.2) is 11.7 Å². The maximum Gasteiger partial charge on any atom is 0.0459 e. The van der Waals surface area contributed by atoms with E-state index >= 15 is 0 Å². The molecule has 1 aromatic carbocycles. The van der Waals surface area contributed by atoms with Gasteiger partial charge in [0.1, 0.15) is 0 Å². The minimum atomic E-state index is 0.364. The Balaban J connectivity index is 2.04. The lowest BCUT2D eigenvalue weighted by molar-refractivity contribution is 0.180. The Morgan fingerprint density at radius 2 is 1.93 bits per heavy atom. The Bertz CT molecular complexity index is 268. The molecular weight excluding hydrogens is 172 g/mol. The van der Waals surface area contributed by atoms with Crippen molar-refractivity contribution in [2.45, 2.75) is 31.6 Å². The van der Waals surface area contributed by atoms with Crippen molar-refractivity contribution < 1.29 is 5.11 Å². The third kappa shape index (κ3) is 2.16. The Kier molecular flexibility index (Phi) is 3.20. The average Bonchev–Trinajstić information content (AvgIpc) is 2.30. The molecule has 2 unspecified atom stereocenters. The molecule has 2 rings (SSSR count). The molecule has 0 aromatic heterocycles. The van der Waals surface area contributed by atoms with Gasteiger partial charge in [0, 0.05) is 6.61 Å². The molecule has 1 aromatic rings. The number of aliphatic hydroxyl groups excluding tert-OH is 1. The fraction of sp³-hybridized carbons (Fsp3) is 0.538. The first-order valence-corrected chi connectivity index (χ1v) is 5.56. The molecule has 14 heavy (non-hydrogen) atoms. The molecule has 1 fully saturated rings. The molecule has 1 nitrogen and oxygen atoms in total. The van der Waals surface area contributed by atoms with Gasteiger partial charge in [-0.1, -0.05) is 36.8 Å². The summed E-state index contributed by atoms with van der Waals surface area (Å²) in [6.45, 7) is 0.364. The molecule has 0 radical (unpaired) electrons. The van der Waals surface area contributed by atoms with Gasteiger partial charge in [0.2, 0.25) is 0 Å². The van der Waals surface area contributed by atoms with Crippen LogP contribution in [0.1, 0.15) is 37.2 Å². The highest BCUT2D eigenvalue weighted by atomic mass is 16.3. The molecular formula is C13H18O. The van der Waals surface area contributed by atoms with Gasteiger partial charge in [-0.3, -0.25) is 0 Å². The normalized spacial score (nSPS) is 27.5. The van der Waals surface area contributed by atoms with E-state index in [-0.39, 0.29) is 0 Å². The molecule has 0 saturated heterocycles. The molecule has 0 amide bonds. The van der Waals surface area contributed by atoms with Gasteiger partial charge < -0.3 is 5.11 Å². The SMILES string of the molecule is OCC1CCCC(c2ccccc2)C1. The van der Waals surface area contributed by atoms with Crippen LogP contribution in [0.3, 0.4) is 0 Å². The van der Waals surface area contributed by atoms with Crippen LogP contribution in [0.2, 0.25) is 0 Å². The number of aliphatic hydroxyl groups is 1. The fourth-order valence-electron chi connectivity index (χ4n) is 2.48. The highest BCUT2D eigenvalue weighted by Gasteiger charge is 2.22. The van der Waals surface area contributed by atoms with Crippen LogP contribution in [0, 0.1) is 5.92 Å². The van der Waals surface area contributed by atoms with E-state index in [1.807, 2.05) is 0 Å². The molecule has 1 aliphatic carbocycles. The first-order valence-electron chi connectivity index (χ1n) is 5.56. The first kappa shape index (κ1) is 9.72. The van der Waals surface area contributed by atoms with Gasteiger partial charge in [-0.2, -0.15) is 0 Å². The van der Waals surface area contributed by atoms with E-state index in [1.54, 1.807) is 0 Å². The molecule has 0 aliphatic heterocycles. The summed E-state index contributed by atoms with van der Waals surface area (Å²) in [5.74, 6) is 1.22. The highest BCUT2D eigenvalue weighted by molar-refractivity contribution is 5.19. The number of hydrogen-bond donors (Lipinski definition) is 1. The predicted octanol–water partition coefficient (Wildman–Crippen LogP) is 2.95. The molecule has 1 aliphatic rings. The number of hydrogen-bond acceptors (Lipinski definition) is 1. The summed E-state index contributed by atoms with van der Waals surface area (Å²) in [6.07, 6.45) is 4.94. The van der Waals surface area contributed by atoms with Gasteiger partial charge >= 0.3 is 0 Å². The van der Waals surface area contributed by atoms with E-state index in [1.165, 1.54) is 31.2 Å². The zero-order valence-corrected chi connectivity index (χ0v) is 8.52. The lowest BCUT2D eigenvalue weighted by Gasteiger charge is -2.28. The topological polar surface area (TPSA) is 20.2 Å². The van der Waals surface area contributed by atoms with Crippen molar-refractivity contribution in [3.05, 3.63) is 35.9 Å². The van der Waals surface area contributed by atoms with Crippen molar-refractivity contribution in [2.24, 2.45) is 5.92 Å². The number of benzene rings is 1. The van der Waals surface area contributed by atoms with Crippen molar-refractivity contribution in [3.8, 4) is 0 Å². The quantitative estimate of drug-likeness (QED) is 0.760. The Morgan fingerprint density at radius 3 is 2.64 bits per heavy atom.